The van der Waals surface area contributed by atoms with Crippen LogP contribution in [0.15, 0.2) is 39.7 Å². The number of para-hydroxylation sites is 1. The molecular weight excluding hydrogens is 154 g/mol. The maximum Gasteiger partial charge on any atom is 0.215 e. The van der Waals surface area contributed by atoms with Crippen LogP contribution in [0.3, 0.4) is 0 Å². The van der Waals surface area contributed by atoms with Gasteiger partial charge in [0, 0.05) is 0 Å². The summed E-state index contributed by atoms with van der Waals surface area (Å²) in [5.74, 6) is 0. The molecule has 2 aromatic rings. The van der Waals surface area contributed by atoms with Crippen molar-refractivity contribution in [1.29, 1.82) is 0 Å². The molecule has 0 saturated heterocycles. The van der Waals surface area contributed by atoms with E-state index in [0.29, 0.717) is 11.0 Å². The van der Waals surface area contributed by atoms with Crippen molar-refractivity contribution in [3.63, 3.8) is 0 Å². The van der Waals surface area contributed by atoms with Crippen molar-refractivity contribution in [3.05, 3.63) is 40.8 Å². The second-order valence-electron chi connectivity index (χ2n) is 2.52. The van der Waals surface area contributed by atoms with Gasteiger partial charge in [-0.2, -0.15) is 0 Å². The third-order valence-corrected chi connectivity index (χ3v) is 1.71. The van der Waals surface area contributed by atoms with Crippen LogP contribution in [-0.4, -0.2) is 0 Å². The molecule has 0 aliphatic heterocycles. The molecule has 3 heteroatoms. The lowest BCUT2D eigenvalue weighted by molar-refractivity contribution is 0.605. The van der Waals surface area contributed by atoms with Crippen molar-refractivity contribution in [2.24, 2.45) is 0 Å². The number of nitrogens with two attached hydrogens (primary N) is 1. The van der Waals surface area contributed by atoms with Crippen molar-refractivity contribution in [1.82, 2.24) is 0 Å². The van der Waals surface area contributed by atoms with E-state index < -0.39 is 0 Å². The van der Waals surface area contributed by atoms with Gasteiger partial charge in [0.15, 0.2) is 0 Å². The fraction of sp³-hybridized carbons (Fsp3) is 0. The van der Waals surface area contributed by atoms with Crippen molar-refractivity contribution >= 4 is 16.7 Å². The summed E-state index contributed by atoms with van der Waals surface area (Å²) in [7, 11) is 0. The predicted molar refractivity (Wildman–Crippen MR) is 46.9 cm³/mol. The first-order chi connectivity index (χ1) is 5.79. The van der Waals surface area contributed by atoms with E-state index in [1.54, 1.807) is 18.2 Å². The SMILES string of the molecule is Nc1coc2ccccc2c1=O. The second-order valence-corrected chi connectivity index (χ2v) is 2.52. The molecule has 12 heavy (non-hydrogen) atoms. The minimum atomic E-state index is -0.170. The van der Waals surface area contributed by atoms with Gasteiger partial charge in [-0.25, -0.2) is 0 Å². The number of anilines is 1. The largest absolute Gasteiger partial charge is 0.462 e. The van der Waals surface area contributed by atoms with Gasteiger partial charge in [0.2, 0.25) is 5.43 Å². The number of hydrogen-bond donors (Lipinski definition) is 1. The Morgan fingerprint density at radius 2 is 2.00 bits per heavy atom. The molecule has 2 N–H and O–H groups in total. The molecule has 0 bridgehead atoms. The van der Waals surface area contributed by atoms with Crippen LogP contribution in [0.1, 0.15) is 0 Å². The van der Waals surface area contributed by atoms with Gasteiger partial charge < -0.3 is 10.2 Å². The third-order valence-electron chi connectivity index (χ3n) is 1.71. The van der Waals surface area contributed by atoms with Crippen molar-refractivity contribution in [2.45, 2.75) is 0 Å². The first-order valence-electron chi connectivity index (χ1n) is 3.55. The molecule has 0 saturated carbocycles. The Balaban J connectivity index is 3.01. The van der Waals surface area contributed by atoms with Crippen LogP contribution in [0.25, 0.3) is 11.0 Å². The standard InChI is InChI=1S/C9H7NO2/c10-7-5-12-8-4-2-1-3-6(8)9(7)11/h1-5H,10H2. The molecule has 0 radical (unpaired) electrons. The summed E-state index contributed by atoms with van der Waals surface area (Å²) >= 11 is 0. The molecule has 0 amide bonds. The van der Waals surface area contributed by atoms with Gasteiger partial charge in [-0.05, 0) is 12.1 Å². The molecule has 0 fully saturated rings. The minimum absolute atomic E-state index is 0.147. The highest BCUT2D eigenvalue weighted by atomic mass is 16.3. The van der Waals surface area contributed by atoms with Crippen LogP contribution in [0.5, 0.6) is 0 Å². The van der Waals surface area contributed by atoms with Crippen LogP contribution in [0.4, 0.5) is 5.69 Å². The smallest absolute Gasteiger partial charge is 0.215 e. The van der Waals surface area contributed by atoms with Gasteiger partial charge in [-0.15, -0.1) is 0 Å². The first-order valence-corrected chi connectivity index (χ1v) is 3.55. The quantitative estimate of drug-likeness (QED) is 0.634. The summed E-state index contributed by atoms with van der Waals surface area (Å²) < 4.78 is 5.10. The number of benzene rings is 1. The van der Waals surface area contributed by atoms with Crippen molar-refractivity contribution in [2.75, 3.05) is 5.73 Å². The topological polar surface area (TPSA) is 56.2 Å². The zero-order valence-corrected chi connectivity index (χ0v) is 6.28. The van der Waals surface area contributed by atoms with Crippen LogP contribution in [-0.2, 0) is 0 Å². The number of rotatable bonds is 0. The molecule has 0 atom stereocenters. The maximum atomic E-state index is 11.3. The van der Waals surface area contributed by atoms with Gasteiger partial charge >= 0.3 is 0 Å². The molecular formula is C9H7NO2. The summed E-state index contributed by atoms with van der Waals surface area (Å²) in [4.78, 5) is 11.3. The van der Waals surface area contributed by atoms with E-state index >= 15 is 0 Å². The Kier molecular flexibility index (Phi) is 1.37. The molecule has 0 spiro atoms. The summed E-state index contributed by atoms with van der Waals surface area (Å²) in [5, 5.41) is 0.525. The van der Waals surface area contributed by atoms with Crippen molar-refractivity contribution in [3.8, 4) is 0 Å². The summed E-state index contributed by atoms with van der Waals surface area (Å²) in [5.41, 5.74) is 5.92. The highest BCUT2D eigenvalue weighted by Gasteiger charge is 2.01. The molecule has 0 unspecified atom stereocenters. The second kappa shape index (κ2) is 2.37. The number of fused-ring (bicyclic) bond motifs is 1. The highest BCUT2D eigenvalue weighted by Crippen LogP contribution is 2.10. The third kappa shape index (κ3) is 0.871. The average Bonchev–Trinajstić information content (AvgIpc) is 2.12. The lowest BCUT2D eigenvalue weighted by Gasteiger charge is -1.95. The van der Waals surface area contributed by atoms with E-state index in [4.69, 9.17) is 10.2 Å². The molecule has 1 aromatic carbocycles. The summed E-state index contributed by atoms with van der Waals surface area (Å²) in [6.45, 7) is 0. The van der Waals surface area contributed by atoms with Gasteiger partial charge in [0.1, 0.15) is 17.5 Å². The number of hydrogen-bond acceptors (Lipinski definition) is 3. The highest BCUT2D eigenvalue weighted by molar-refractivity contribution is 5.78. The fourth-order valence-corrected chi connectivity index (χ4v) is 1.09. The van der Waals surface area contributed by atoms with Gasteiger partial charge in [0.05, 0.1) is 5.39 Å². The summed E-state index contributed by atoms with van der Waals surface area (Å²) in [6.07, 6.45) is 1.27. The maximum absolute atomic E-state index is 11.3. The van der Waals surface area contributed by atoms with Crippen LogP contribution >= 0.6 is 0 Å². The Bertz CT molecular complexity index is 473. The average molecular weight is 161 g/mol. The van der Waals surface area contributed by atoms with Gasteiger partial charge in [-0.3, -0.25) is 4.79 Å². The lowest BCUT2D eigenvalue weighted by Crippen LogP contribution is -2.06. The zero-order valence-electron chi connectivity index (χ0n) is 6.28. The van der Waals surface area contributed by atoms with E-state index in [0.717, 1.165) is 0 Å². The van der Waals surface area contributed by atoms with Crippen LogP contribution < -0.4 is 11.2 Å². The van der Waals surface area contributed by atoms with E-state index in [2.05, 4.69) is 0 Å². The first kappa shape index (κ1) is 6.91. The Hall–Kier alpha value is -1.77. The van der Waals surface area contributed by atoms with Crippen LogP contribution in [0, 0.1) is 0 Å². The van der Waals surface area contributed by atoms with E-state index in [9.17, 15) is 4.79 Å². The van der Waals surface area contributed by atoms with E-state index in [-0.39, 0.29) is 11.1 Å². The van der Waals surface area contributed by atoms with Crippen molar-refractivity contribution < 1.29 is 4.42 Å². The summed E-state index contributed by atoms with van der Waals surface area (Å²) in [6, 6.07) is 7.01. The normalized spacial score (nSPS) is 10.3. The zero-order chi connectivity index (χ0) is 8.55. The Morgan fingerprint density at radius 3 is 2.83 bits per heavy atom. The fourth-order valence-electron chi connectivity index (χ4n) is 1.09. The number of nitrogen functional groups attached to an aromatic ring is 1. The van der Waals surface area contributed by atoms with Gasteiger partial charge in [0.25, 0.3) is 0 Å². The monoisotopic (exact) mass is 161 g/mol. The molecule has 3 nitrogen and oxygen atoms in total. The van der Waals surface area contributed by atoms with E-state index in [1.165, 1.54) is 6.26 Å². The van der Waals surface area contributed by atoms with Gasteiger partial charge in [-0.1, -0.05) is 12.1 Å². The lowest BCUT2D eigenvalue weighted by atomic mass is 10.2. The van der Waals surface area contributed by atoms with E-state index in [1.807, 2.05) is 6.07 Å². The van der Waals surface area contributed by atoms with Crippen LogP contribution in [0.2, 0.25) is 0 Å². The molecule has 1 heterocycles. The molecule has 0 aliphatic carbocycles. The molecule has 0 aliphatic rings. The Labute approximate surface area is 68.4 Å². The molecule has 60 valence electrons. The molecule has 2 rings (SSSR count). The predicted octanol–water partition coefficient (Wildman–Crippen LogP) is 1.38. The Morgan fingerprint density at radius 1 is 1.25 bits per heavy atom. The molecule has 1 aromatic heterocycles. The minimum Gasteiger partial charge on any atom is -0.462 e.